The highest BCUT2D eigenvalue weighted by atomic mass is 16.1. The first-order valence-electron chi connectivity index (χ1n) is 7.74. The number of carbonyl (C=O) groups is 1. The number of hydrogen-bond donors (Lipinski definition) is 2. The first-order chi connectivity index (χ1) is 10.3. The summed E-state index contributed by atoms with van der Waals surface area (Å²) < 4.78 is 0. The van der Waals surface area contributed by atoms with E-state index in [1.165, 1.54) is 16.3 Å². The molecule has 0 heterocycles. The molecule has 0 aromatic heterocycles. The summed E-state index contributed by atoms with van der Waals surface area (Å²) in [6.07, 6.45) is 2.46. The Labute approximate surface area is 126 Å². The van der Waals surface area contributed by atoms with E-state index in [-0.39, 0.29) is 5.91 Å². The Balaban J connectivity index is 1.75. The Bertz CT molecular complexity index is 580. The van der Waals surface area contributed by atoms with Crippen molar-refractivity contribution < 1.29 is 4.79 Å². The van der Waals surface area contributed by atoms with Gasteiger partial charge in [0.25, 0.3) is 0 Å². The van der Waals surface area contributed by atoms with Crippen LogP contribution in [-0.4, -0.2) is 25.5 Å². The van der Waals surface area contributed by atoms with Crippen molar-refractivity contribution in [3.05, 3.63) is 48.0 Å². The van der Waals surface area contributed by atoms with E-state index in [0.29, 0.717) is 13.0 Å². The zero-order valence-electron chi connectivity index (χ0n) is 12.7. The van der Waals surface area contributed by atoms with Crippen molar-refractivity contribution in [1.82, 2.24) is 10.6 Å². The average Bonchev–Trinajstić information content (AvgIpc) is 2.52. The second-order valence-electron chi connectivity index (χ2n) is 5.28. The molecule has 0 unspecified atom stereocenters. The van der Waals surface area contributed by atoms with Crippen LogP contribution in [0.1, 0.15) is 25.3 Å². The maximum Gasteiger partial charge on any atom is 0.220 e. The Morgan fingerprint density at radius 3 is 2.62 bits per heavy atom. The molecule has 0 saturated carbocycles. The highest BCUT2D eigenvalue weighted by Crippen LogP contribution is 2.16. The summed E-state index contributed by atoms with van der Waals surface area (Å²) in [4.78, 5) is 11.8. The molecule has 2 aromatic carbocycles. The summed E-state index contributed by atoms with van der Waals surface area (Å²) in [7, 11) is 0. The highest BCUT2D eigenvalue weighted by molar-refractivity contribution is 5.83. The molecular formula is C18H24N2O. The van der Waals surface area contributed by atoms with E-state index in [9.17, 15) is 4.79 Å². The molecule has 112 valence electrons. The van der Waals surface area contributed by atoms with Gasteiger partial charge in [-0.25, -0.2) is 0 Å². The lowest BCUT2D eigenvalue weighted by atomic mass is 10.0. The van der Waals surface area contributed by atoms with Crippen LogP contribution in [0.15, 0.2) is 42.5 Å². The van der Waals surface area contributed by atoms with Crippen LogP contribution in [0, 0.1) is 0 Å². The largest absolute Gasteiger partial charge is 0.355 e. The van der Waals surface area contributed by atoms with E-state index in [1.807, 2.05) is 12.1 Å². The Hall–Kier alpha value is -1.87. The summed E-state index contributed by atoms with van der Waals surface area (Å²) in [5, 5.41) is 8.70. The smallest absolute Gasteiger partial charge is 0.220 e. The summed E-state index contributed by atoms with van der Waals surface area (Å²) >= 11 is 0. The lowest BCUT2D eigenvalue weighted by molar-refractivity contribution is -0.121. The van der Waals surface area contributed by atoms with Crippen LogP contribution in [0.5, 0.6) is 0 Å². The fourth-order valence-corrected chi connectivity index (χ4v) is 2.33. The van der Waals surface area contributed by atoms with Crippen molar-refractivity contribution in [3.8, 4) is 0 Å². The summed E-state index contributed by atoms with van der Waals surface area (Å²) in [5.41, 5.74) is 1.22. The summed E-state index contributed by atoms with van der Waals surface area (Å²) in [5.74, 6) is 0.126. The third-order valence-corrected chi connectivity index (χ3v) is 3.51. The van der Waals surface area contributed by atoms with Gasteiger partial charge in [-0.2, -0.15) is 0 Å². The van der Waals surface area contributed by atoms with Crippen LogP contribution in [0.2, 0.25) is 0 Å². The van der Waals surface area contributed by atoms with Crippen LogP contribution >= 0.6 is 0 Å². The third kappa shape index (κ3) is 5.20. The molecule has 21 heavy (non-hydrogen) atoms. The van der Waals surface area contributed by atoms with E-state index < -0.39 is 0 Å². The van der Waals surface area contributed by atoms with Crippen molar-refractivity contribution >= 4 is 16.7 Å². The van der Waals surface area contributed by atoms with E-state index in [0.717, 1.165) is 25.9 Å². The molecule has 0 bridgehead atoms. The molecule has 3 heteroatoms. The van der Waals surface area contributed by atoms with Gasteiger partial charge in [-0.3, -0.25) is 4.79 Å². The maximum absolute atomic E-state index is 11.8. The monoisotopic (exact) mass is 284 g/mol. The Morgan fingerprint density at radius 1 is 1.00 bits per heavy atom. The quantitative estimate of drug-likeness (QED) is 0.732. The molecule has 0 radical (unpaired) electrons. The van der Waals surface area contributed by atoms with Gasteiger partial charge in [0.2, 0.25) is 5.91 Å². The SMILES string of the molecule is CCCNCCNC(=O)CCc1ccc2ccccc2c1. The minimum atomic E-state index is 0.126. The van der Waals surface area contributed by atoms with Crippen molar-refractivity contribution in [2.24, 2.45) is 0 Å². The van der Waals surface area contributed by atoms with E-state index in [1.54, 1.807) is 0 Å². The van der Waals surface area contributed by atoms with Crippen LogP contribution in [-0.2, 0) is 11.2 Å². The zero-order chi connectivity index (χ0) is 14.9. The summed E-state index contributed by atoms with van der Waals surface area (Å²) in [6, 6.07) is 14.7. The number of carbonyl (C=O) groups excluding carboxylic acids is 1. The van der Waals surface area contributed by atoms with Gasteiger partial charge in [-0.1, -0.05) is 49.4 Å². The molecule has 0 atom stereocenters. The van der Waals surface area contributed by atoms with Gasteiger partial charge in [0, 0.05) is 19.5 Å². The first kappa shape index (κ1) is 15.5. The van der Waals surface area contributed by atoms with Gasteiger partial charge >= 0.3 is 0 Å². The molecular weight excluding hydrogens is 260 g/mol. The van der Waals surface area contributed by atoms with Gasteiger partial charge in [-0.05, 0) is 35.7 Å². The molecule has 0 fully saturated rings. The van der Waals surface area contributed by atoms with Crippen molar-refractivity contribution in [3.63, 3.8) is 0 Å². The number of amides is 1. The van der Waals surface area contributed by atoms with E-state index in [4.69, 9.17) is 0 Å². The van der Waals surface area contributed by atoms with Crippen molar-refractivity contribution in [2.45, 2.75) is 26.2 Å². The van der Waals surface area contributed by atoms with Crippen LogP contribution in [0.25, 0.3) is 10.8 Å². The number of benzene rings is 2. The van der Waals surface area contributed by atoms with E-state index >= 15 is 0 Å². The normalized spacial score (nSPS) is 10.7. The fraction of sp³-hybridized carbons (Fsp3) is 0.389. The van der Waals surface area contributed by atoms with Crippen LogP contribution < -0.4 is 10.6 Å². The number of rotatable bonds is 8. The Morgan fingerprint density at radius 2 is 1.81 bits per heavy atom. The first-order valence-corrected chi connectivity index (χ1v) is 7.74. The standard InChI is InChI=1S/C18H24N2O/c1-2-11-19-12-13-20-18(21)10-8-15-7-9-16-5-3-4-6-17(16)14-15/h3-7,9,14,19H,2,8,10-13H2,1H3,(H,20,21). The highest BCUT2D eigenvalue weighted by Gasteiger charge is 2.02. The summed E-state index contributed by atoms with van der Waals surface area (Å²) in [6.45, 7) is 4.69. The number of fused-ring (bicyclic) bond motifs is 1. The average molecular weight is 284 g/mol. The number of aryl methyl sites for hydroxylation is 1. The molecule has 0 aliphatic heterocycles. The van der Waals surface area contributed by atoms with Gasteiger partial charge < -0.3 is 10.6 Å². The lowest BCUT2D eigenvalue weighted by Crippen LogP contribution is -2.32. The number of hydrogen-bond acceptors (Lipinski definition) is 2. The van der Waals surface area contributed by atoms with Gasteiger partial charge in [0.1, 0.15) is 0 Å². The topological polar surface area (TPSA) is 41.1 Å². The third-order valence-electron chi connectivity index (χ3n) is 3.51. The van der Waals surface area contributed by atoms with Gasteiger partial charge in [0.05, 0.1) is 0 Å². The minimum absolute atomic E-state index is 0.126. The van der Waals surface area contributed by atoms with Crippen molar-refractivity contribution in [1.29, 1.82) is 0 Å². The van der Waals surface area contributed by atoms with Crippen LogP contribution in [0.4, 0.5) is 0 Å². The molecule has 0 saturated heterocycles. The predicted molar refractivity (Wildman–Crippen MR) is 88.4 cm³/mol. The predicted octanol–water partition coefficient (Wildman–Crippen LogP) is 2.89. The Kier molecular flexibility index (Phi) is 6.22. The zero-order valence-corrected chi connectivity index (χ0v) is 12.7. The number of nitrogens with one attached hydrogen (secondary N) is 2. The van der Waals surface area contributed by atoms with Gasteiger partial charge in [0.15, 0.2) is 0 Å². The van der Waals surface area contributed by atoms with Gasteiger partial charge in [-0.15, -0.1) is 0 Å². The molecule has 0 aliphatic rings. The lowest BCUT2D eigenvalue weighted by Gasteiger charge is -2.07. The molecule has 2 N–H and O–H groups in total. The molecule has 0 spiro atoms. The fourth-order valence-electron chi connectivity index (χ4n) is 2.33. The van der Waals surface area contributed by atoms with Crippen LogP contribution in [0.3, 0.4) is 0 Å². The second-order valence-corrected chi connectivity index (χ2v) is 5.28. The minimum Gasteiger partial charge on any atom is -0.355 e. The molecule has 2 rings (SSSR count). The second kappa shape index (κ2) is 8.42. The molecule has 3 nitrogen and oxygen atoms in total. The maximum atomic E-state index is 11.8. The van der Waals surface area contributed by atoms with E-state index in [2.05, 4.69) is 47.9 Å². The molecule has 0 aliphatic carbocycles. The van der Waals surface area contributed by atoms with Crippen molar-refractivity contribution in [2.75, 3.05) is 19.6 Å². The molecule has 2 aromatic rings. The molecule has 1 amide bonds.